The van der Waals surface area contributed by atoms with Crippen LogP contribution in [0, 0.1) is 17.8 Å². The van der Waals surface area contributed by atoms with Crippen molar-refractivity contribution in [2.45, 2.75) is 46.2 Å². The third-order valence-electron chi connectivity index (χ3n) is 5.48. The van der Waals surface area contributed by atoms with Crippen LogP contribution < -0.4 is 0 Å². The summed E-state index contributed by atoms with van der Waals surface area (Å²) < 4.78 is 17.0. The molecule has 0 saturated heterocycles. The number of hydrogen-bond donors (Lipinski definition) is 1. The Morgan fingerprint density at radius 1 is 0.900 bits per heavy atom. The predicted molar refractivity (Wildman–Crippen MR) is 117 cm³/mol. The summed E-state index contributed by atoms with van der Waals surface area (Å²) in [6, 6.07) is 19.9. The number of carbonyl (C=O) groups excluding carboxylic acids is 1. The highest BCUT2D eigenvalue weighted by molar-refractivity contribution is 5.72. The van der Waals surface area contributed by atoms with Crippen LogP contribution in [0.4, 0.5) is 0 Å². The van der Waals surface area contributed by atoms with Crippen LogP contribution in [0.25, 0.3) is 0 Å². The smallest absolute Gasteiger partial charge is 0.311 e. The van der Waals surface area contributed by atoms with Crippen LogP contribution in [-0.2, 0) is 32.2 Å². The van der Waals surface area contributed by atoms with Gasteiger partial charge in [0.2, 0.25) is 0 Å². The highest BCUT2D eigenvalue weighted by atomic mass is 16.5. The minimum atomic E-state index is -0.880. The summed E-state index contributed by atoms with van der Waals surface area (Å²) in [6.45, 7) is 7.07. The molecule has 0 aliphatic rings. The molecule has 5 nitrogen and oxygen atoms in total. The first kappa shape index (κ1) is 24.1. The fourth-order valence-electron chi connectivity index (χ4n) is 3.61. The zero-order valence-electron chi connectivity index (χ0n) is 18.4. The number of esters is 1. The van der Waals surface area contributed by atoms with Crippen LogP contribution in [-0.4, -0.2) is 37.0 Å². The van der Waals surface area contributed by atoms with E-state index in [1.54, 1.807) is 6.92 Å². The van der Waals surface area contributed by atoms with Gasteiger partial charge < -0.3 is 19.3 Å². The number of hydrogen-bond acceptors (Lipinski definition) is 5. The maximum Gasteiger partial charge on any atom is 0.311 e. The number of aliphatic hydroxyl groups is 1. The Labute approximate surface area is 180 Å². The Bertz CT molecular complexity index is 734. The molecule has 0 amide bonds. The first-order chi connectivity index (χ1) is 14.4. The van der Waals surface area contributed by atoms with Gasteiger partial charge in [0.1, 0.15) is 0 Å². The van der Waals surface area contributed by atoms with Gasteiger partial charge in [0, 0.05) is 11.8 Å². The molecule has 0 radical (unpaired) electrons. The number of carbonyl (C=O) groups is 1. The first-order valence-corrected chi connectivity index (χ1v) is 10.5. The van der Waals surface area contributed by atoms with Crippen molar-refractivity contribution in [1.82, 2.24) is 0 Å². The second-order valence-electron chi connectivity index (χ2n) is 7.90. The Hall–Kier alpha value is -2.21. The van der Waals surface area contributed by atoms with Crippen LogP contribution in [0.15, 0.2) is 60.7 Å². The zero-order valence-corrected chi connectivity index (χ0v) is 18.4. The second-order valence-corrected chi connectivity index (χ2v) is 7.90. The van der Waals surface area contributed by atoms with Crippen molar-refractivity contribution < 1.29 is 24.1 Å². The summed E-state index contributed by atoms with van der Waals surface area (Å²) in [7, 11) is 1.33. The van der Waals surface area contributed by atoms with E-state index in [9.17, 15) is 9.90 Å². The molecular weight excluding hydrogens is 380 g/mol. The second kappa shape index (κ2) is 12.5. The van der Waals surface area contributed by atoms with E-state index in [2.05, 4.69) is 0 Å². The van der Waals surface area contributed by atoms with E-state index >= 15 is 0 Å². The van der Waals surface area contributed by atoms with Crippen LogP contribution in [0.3, 0.4) is 0 Å². The summed E-state index contributed by atoms with van der Waals surface area (Å²) in [6.07, 6.45) is -1.17. The van der Waals surface area contributed by atoms with Gasteiger partial charge in [-0.05, 0) is 18.1 Å². The first-order valence-electron chi connectivity index (χ1n) is 10.5. The van der Waals surface area contributed by atoms with Gasteiger partial charge in [0.05, 0.1) is 45.1 Å². The SMILES string of the molecule is COC(=O)[C@H](C)[C@H](O)[C@@H](C)[C@H](OCc1ccccc1)[C@@H](C)COCc1ccccc1. The molecule has 2 rings (SSSR count). The third kappa shape index (κ3) is 7.24. The molecule has 0 heterocycles. The van der Waals surface area contributed by atoms with Crippen LogP contribution in [0.2, 0.25) is 0 Å². The largest absolute Gasteiger partial charge is 0.469 e. The maximum absolute atomic E-state index is 11.9. The van der Waals surface area contributed by atoms with Gasteiger partial charge in [-0.1, -0.05) is 74.5 Å². The van der Waals surface area contributed by atoms with Gasteiger partial charge in [0.15, 0.2) is 0 Å². The van der Waals surface area contributed by atoms with E-state index in [0.29, 0.717) is 19.8 Å². The van der Waals surface area contributed by atoms with Crippen molar-refractivity contribution in [2.75, 3.05) is 13.7 Å². The summed E-state index contributed by atoms with van der Waals surface area (Å²) in [5, 5.41) is 10.8. The molecule has 5 heteroatoms. The van der Waals surface area contributed by atoms with Crippen LogP contribution >= 0.6 is 0 Å². The van der Waals surface area contributed by atoms with E-state index in [1.165, 1.54) is 7.11 Å². The van der Waals surface area contributed by atoms with Gasteiger partial charge in [-0.15, -0.1) is 0 Å². The molecule has 0 bridgehead atoms. The molecule has 1 N–H and O–H groups in total. The van der Waals surface area contributed by atoms with Crippen molar-refractivity contribution in [1.29, 1.82) is 0 Å². The minimum Gasteiger partial charge on any atom is -0.469 e. The lowest BCUT2D eigenvalue weighted by Crippen LogP contribution is -2.42. The van der Waals surface area contributed by atoms with Crippen LogP contribution in [0.5, 0.6) is 0 Å². The molecule has 30 heavy (non-hydrogen) atoms. The number of aliphatic hydroxyl groups excluding tert-OH is 1. The van der Waals surface area contributed by atoms with Gasteiger partial charge in [-0.3, -0.25) is 4.79 Å². The van der Waals surface area contributed by atoms with E-state index in [4.69, 9.17) is 14.2 Å². The van der Waals surface area contributed by atoms with Gasteiger partial charge in [-0.25, -0.2) is 0 Å². The average Bonchev–Trinajstić information content (AvgIpc) is 2.78. The van der Waals surface area contributed by atoms with Crippen molar-refractivity contribution in [2.24, 2.45) is 17.8 Å². The molecule has 2 aromatic carbocycles. The van der Waals surface area contributed by atoms with E-state index in [-0.39, 0.29) is 17.9 Å². The number of ether oxygens (including phenoxy) is 3. The third-order valence-corrected chi connectivity index (χ3v) is 5.48. The molecule has 0 fully saturated rings. The van der Waals surface area contributed by atoms with Crippen molar-refractivity contribution in [3.8, 4) is 0 Å². The molecule has 5 atom stereocenters. The number of rotatable bonds is 12. The predicted octanol–water partition coefficient (Wildman–Crippen LogP) is 4.23. The van der Waals surface area contributed by atoms with E-state index in [1.807, 2.05) is 74.5 Å². The molecule has 0 saturated carbocycles. The quantitative estimate of drug-likeness (QED) is 0.527. The summed E-state index contributed by atoms with van der Waals surface area (Å²) in [5.41, 5.74) is 2.17. The summed E-state index contributed by atoms with van der Waals surface area (Å²) in [4.78, 5) is 11.9. The lowest BCUT2D eigenvalue weighted by molar-refractivity contribution is -0.153. The maximum atomic E-state index is 11.9. The molecule has 2 aromatic rings. The van der Waals surface area contributed by atoms with E-state index < -0.39 is 18.0 Å². The number of benzene rings is 2. The molecule has 164 valence electrons. The highest BCUT2D eigenvalue weighted by Crippen LogP contribution is 2.26. The highest BCUT2D eigenvalue weighted by Gasteiger charge is 2.35. The normalized spacial score (nSPS) is 16.3. The molecule has 0 aromatic heterocycles. The summed E-state index contributed by atoms with van der Waals surface area (Å²) in [5.74, 6) is -1.32. The minimum absolute atomic E-state index is 0.0203. The van der Waals surface area contributed by atoms with Crippen molar-refractivity contribution in [3.63, 3.8) is 0 Å². The lowest BCUT2D eigenvalue weighted by atomic mass is 9.84. The molecular formula is C25H34O5. The standard InChI is InChI=1S/C25H34O5/c1-18(15-29-16-21-11-7-5-8-12-21)24(30-17-22-13-9-6-10-14-22)19(2)23(26)20(3)25(27)28-4/h5-14,18-20,23-24,26H,15-17H2,1-4H3/t18-,19+,20+,23+,24+/m0/s1. The fraction of sp³-hybridized carbons (Fsp3) is 0.480. The number of methoxy groups -OCH3 is 1. The van der Waals surface area contributed by atoms with Gasteiger partial charge in [-0.2, -0.15) is 0 Å². The molecule has 0 spiro atoms. The van der Waals surface area contributed by atoms with Crippen LogP contribution in [0.1, 0.15) is 31.9 Å². The van der Waals surface area contributed by atoms with Gasteiger partial charge >= 0.3 is 5.97 Å². The van der Waals surface area contributed by atoms with Crippen molar-refractivity contribution in [3.05, 3.63) is 71.8 Å². The Morgan fingerprint density at radius 2 is 1.43 bits per heavy atom. The Morgan fingerprint density at radius 3 is 1.97 bits per heavy atom. The Balaban J connectivity index is 2.03. The topological polar surface area (TPSA) is 65.0 Å². The molecule has 0 unspecified atom stereocenters. The monoisotopic (exact) mass is 414 g/mol. The average molecular weight is 415 g/mol. The molecule has 0 aliphatic carbocycles. The van der Waals surface area contributed by atoms with Gasteiger partial charge in [0.25, 0.3) is 0 Å². The lowest BCUT2D eigenvalue weighted by Gasteiger charge is -2.34. The summed E-state index contributed by atoms with van der Waals surface area (Å²) >= 11 is 0. The van der Waals surface area contributed by atoms with E-state index in [0.717, 1.165) is 11.1 Å². The Kier molecular flexibility index (Phi) is 10.0. The van der Waals surface area contributed by atoms with Crippen molar-refractivity contribution >= 4 is 5.97 Å². The fourth-order valence-corrected chi connectivity index (χ4v) is 3.61. The molecule has 0 aliphatic heterocycles. The zero-order chi connectivity index (χ0) is 21.9.